The Morgan fingerprint density at radius 1 is 1.06 bits per heavy atom. The molecule has 2 rings (SSSR count). The lowest BCUT2D eigenvalue weighted by Gasteiger charge is -2.27. The predicted octanol–water partition coefficient (Wildman–Crippen LogP) is 2.07. The van der Waals surface area contributed by atoms with Crippen molar-refractivity contribution in [3.8, 4) is 0 Å². The second-order valence-electron chi connectivity index (χ2n) is 7.79. The van der Waals surface area contributed by atoms with E-state index < -0.39 is 5.91 Å². The minimum absolute atomic E-state index is 0.200. The fourth-order valence-electron chi connectivity index (χ4n) is 2.86. The normalized spacial score (nSPS) is 11.7. The second kappa shape index (κ2) is 11.1. The van der Waals surface area contributed by atoms with Crippen molar-refractivity contribution >= 4 is 17.8 Å². The maximum absolute atomic E-state index is 13.6. The Kier molecular flexibility index (Phi) is 8.54. The quantitative estimate of drug-likeness (QED) is 0.363. The molecular weight excluding hydrogens is 397 g/mol. The van der Waals surface area contributed by atoms with E-state index in [1.807, 2.05) is 39.0 Å². The van der Waals surface area contributed by atoms with Crippen molar-refractivity contribution in [1.82, 2.24) is 16.0 Å². The Balaban J connectivity index is 1.99. The minimum atomic E-state index is -0.594. The van der Waals surface area contributed by atoms with Crippen LogP contribution < -0.4 is 21.7 Å². The molecule has 2 aromatic carbocycles. The minimum Gasteiger partial charge on any atom is -0.368 e. The molecule has 7 nitrogen and oxygen atoms in total. The molecule has 0 aliphatic carbocycles. The summed E-state index contributed by atoms with van der Waals surface area (Å²) in [5.74, 6) is -0.556. The van der Waals surface area contributed by atoms with Crippen LogP contribution in [0.15, 0.2) is 53.5 Å². The number of carbonyl (C=O) groups excluding carboxylic acids is 2. The van der Waals surface area contributed by atoms with Gasteiger partial charge in [-0.3, -0.25) is 9.59 Å². The third kappa shape index (κ3) is 7.73. The topological polar surface area (TPSA) is 109 Å². The number of hydrogen-bond donors (Lipinski definition) is 4. The van der Waals surface area contributed by atoms with Crippen molar-refractivity contribution in [3.05, 3.63) is 71.0 Å². The van der Waals surface area contributed by atoms with E-state index >= 15 is 0 Å². The molecule has 166 valence electrons. The van der Waals surface area contributed by atoms with Crippen LogP contribution in [0.4, 0.5) is 4.39 Å². The molecule has 0 unspecified atom stereocenters. The first kappa shape index (κ1) is 23.9. The van der Waals surface area contributed by atoms with Gasteiger partial charge >= 0.3 is 0 Å². The van der Waals surface area contributed by atoms with Gasteiger partial charge in [0.15, 0.2) is 5.96 Å². The molecule has 0 atom stereocenters. The van der Waals surface area contributed by atoms with Crippen LogP contribution in [0.2, 0.25) is 0 Å². The highest BCUT2D eigenvalue weighted by Crippen LogP contribution is 2.22. The number of primary amides is 1. The van der Waals surface area contributed by atoms with Gasteiger partial charge < -0.3 is 21.7 Å². The van der Waals surface area contributed by atoms with Crippen LogP contribution in [0.5, 0.6) is 0 Å². The monoisotopic (exact) mass is 427 g/mol. The summed E-state index contributed by atoms with van der Waals surface area (Å²) in [6.45, 7) is 7.55. The molecule has 0 bridgehead atoms. The second-order valence-corrected chi connectivity index (χ2v) is 7.79. The maximum Gasteiger partial charge on any atom is 0.251 e. The van der Waals surface area contributed by atoms with Crippen LogP contribution in [-0.4, -0.2) is 37.4 Å². The predicted molar refractivity (Wildman–Crippen MR) is 120 cm³/mol. The maximum atomic E-state index is 13.6. The largest absolute Gasteiger partial charge is 0.368 e. The van der Waals surface area contributed by atoms with Gasteiger partial charge in [-0.2, -0.15) is 0 Å². The average molecular weight is 428 g/mol. The van der Waals surface area contributed by atoms with Crippen LogP contribution in [0.3, 0.4) is 0 Å². The van der Waals surface area contributed by atoms with Crippen molar-refractivity contribution < 1.29 is 14.0 Å². The van der Waals surface area contributed by atoms with Gasteiger partial charge in [0.1, 0.15) is 5.82 Å². The molecule has 8 heteroatoms. The van der Waals surface area contributed by atoms with Gasteiger partial charge in [0, 0.05) is 24.1 Å². The summed E-state index contributed by atoms with van der Waals surface area (Å²) in [6, 6.07) is 13.6. The molecule has 0 aliphatic heterocycles. The number of hydrogen-bond acceptors (Lipinski definition) is 3. The number of halogens is 1. The summed E-state index contributed by atoms with van der Waals surface area (Å²) in [4.78, 5) is 27.3. The highest BCUT2D eigenvalue weighted by molar-refractivity contribution is 5.96. The number of aliphatic imine (C=N–C) groups is 1. The van der Waals surface area contributed by atoms with Crippen LogP contribution in [0.1, 0.15) is 42.3 Å². The Morgan fingerprint density at radius 3 is 2.39 bits per heavy atom. The molecule has 0 aliphatic rings. The summed E-state index contributed by atoms with van der Waals surface area (Å²) < 4.78 is 13.6. The zero-order valence-electron chi connectivity index (χ0n) is 18.2. The number of guanidine groups is 1. The fourth-order valence-corrected chi connectivity index (χ4v) is 2.86. The van der Waals surface area contributed by atoms with Crippen LogP contribution >= 0.6 is 0 Å². The van der Waals surface area contributed by atoms with Crippen molar-refractivity contribution in [3.63, 3.8) is 0 Å². The van der Waals surface area contributed by atoms with Gasteiger partial charge in [-0.25, -0.2) is 9.38 Å². The first-order valence-corrected chi connectivity index (χ1v) is 10.1. The summed E-state index contributed by atoms with van der Waals surface area (Å²) in [5.41, 5.74) is 7.00. The van der Waals surface area contributed by atoms with E-state index in [1.165, 1.54) is 6.07 Å². The first-order valence-electron chi connectivity index (χ1n) is 10.1. The van der Waals surface area contributed by atoms with Crippen molar-refractivity contribution in [2.75, 3.05) is 19.6 Å². The van der Waals surface area contributed by atoms with Crippen molar-refractivity contribution in [2.24, 2.45) is 10.7 Å². The lowest BCUT2D eigenvalue weighted by molar-refractivity contribution is -0.117. The van der Waals surface area contributed by atoms with Crippen LogP contribution in [-0.2, 0) is 16.8 Å². The Bertz CT molecular complexity index is 926. The number of amides is 2. The molecule has 0 aromatic heterocycles. The van der Waals surface area contributed by atoms with Crippen LogP contribution in [0.25, 0.3) is 0 Å². The summed E-state index contributed by atoms with van der Waals surface area (Å²) >= 11 is 0. The molecule has 2 aromatic rings. The number of carbonyl (C=O) groups is 2. The molecule has 0 saturated carbocycles. The fraction of sp³-hybridized carbons (Fsp3) is 0.348. The van der Waals surface area contributed by atoms with Gasteiger partial charge in [-0.05, 0) is 42.3 Å². The zero-order chi connectivity index (χ0) is 22.9. The molecule has 5 N–H and O–H groups in total. The Hall–Kier alpha value is -3.42. The first-order chi connectivity index (χ1) is 14.7. The lowest BCUT2D eigenvalue weighted by atomic mass is 9.84. The smallest absolute Gasteiger partial charge is 0.251 e. The van der Waals surface area contributed by atoms with Gasteiger partial charge in [0.2, 0.25) is 5.91 Å². The third-order valence-electron chi connectivity index (χ3n) is 4.71. The zero-order valence-corrected chi connectivity index (χ0v) is 18.2. The highest BCUT2D eigenvalue weighted by atomic mass is 19.1. The Morgan fingerprint density at radius 2 is 1.77 bits per heavy atom. The van der Waals surface area contributed by atoms with E-state index in [2.05, 4.69) is 20.9 Å². The van der Waals surface area contributed by atoms with E-state index in [-0.39, 0.29) is 23.7 Å². The molecule has 0 spiro atoms. The van der Waals surface area contributed by atoms with E-state index in [0.29, 0.717) is 31.2 Å². The number of nitrogens with one attached hydrogen (secondary N) is 3. The van der Waals surface area contributed by atoms with E-state index in [4.69, 9.17) is 5.73 Å². The molecule has 2 amide bonds. The summed E-state index contributed by atoms with van der Waals surface area (Å²) in [6.07, 6.45) is 0. The van der Waals surface area contributed by atoms with Gasteiger partial charge in [-0.1, -0.05) is 38.1 Å². The van der Waals surface area contributed by atoms with Gasteiger partial charge in [0.25, 0.3) is 5.91 Å². The Labute approximate surface area is 182 Å². The molecule has 0 fully saturated rings. The van der Waals surface area contributed by atoms with E-state index in [1.54, 1.807) is 24.3 Å². The molecule has 0 heterocycles. The van der Waals surface area contributed by atoms with Crippen molar-refractivity contribution in [1.29, 1.82) is 0 Å². The standard InChI is InChI=1S/C23H30FN5O2/c1-4-26-22(29-15-23(2,3)18-6-5-7-19(24)12-18)28-13-16-8-10-17(11-9-16)21(31)27-14-20(25)30/h5-12H,4,13-15H2,1-3H3,(H2,25,30)(H,27,31)(H2,26,28,29). The van der Waals surface area contributed by atoms with Crippen molar-refractivity contribution in [2.45, 2.75) is 32.7 Å². The summed E-state index contributed by atoms with van der Waals surface area (Å²) in [5, 5.41) is 8.96. The number of nitrogens with two attached hydrogens (primary N) is 1. The number of benzene rings is 2. The molecule has 0 radical (unpaired) electrons. The number of nitrogens with zero attached hydrogens (tertiary/aromatic N) is 1. The molecule has 0 saturated heterocycles. The SMILES string of the molecule is CCNC(=NCc1ccc(C(=O)NCC(N)=O)cc1)NCC(C)(C)c1cccc(F)c1. The third-order valence-corrected chi connectivity index (χ3v) is 4.71. The van der Waals surface area contributed by atoms with E-state index in [9.17, 15) is 14.0 Å². The highest BCUT2D eigenvalue weighted by Gasteiger charge is 2.21. The molecular formula is C23H30FN5O2. The molecule has 31 heavy (non-hydrogen) atoms. The average Bonchev–Trinajstić information content (AvgIpc) is 2.74. The summed E-state index contributed by atoms with van der Waals surface area (Å²) in [7, 11) is 0. The lowest BCUT2D eigenvalue weighted by Crippen LogP contribution is -2.43. The number of rotatable bonds is 9. The van der Waals surface area contributed by atoms with E-state index in [0.717, 1.165) is 11.1 Å². The van der Waals surface area contributed by atoms with Crippen LogP contribution in [0, 0.1) is 5.82 Å². The van der Waals surface area contributed by atoms with Gasteiger partial charge in [-0.15, -0.1) is 0 Å². The van der Waals surface area contributed by atoms with Gasteiger partial charge in [0.05, 0.1) is 13.1 Å².